The van der Waals surface area contributed by atoms with Crippen molar-refractivity contribution >= 4 is 34.2 Å². The zero-order chi connectivity index (χ0) is 15.9. The molecule has 8 heteroatoms. The fraction of sp³-hybridized carbons (Fsp3) is 0.308. The van der Waals surface area contributed by atoms with Crippen LogP contribution in [0.2, 0.25) is 5.02 Å². The van der Waals surface area contributed by atoms with Gasteiger partial charge in [-0.3, -0.25) is 14.9 Å². The highest BCUT2D eigenvalue weighted by Gasteiger charge is 2.25. The third-order valence-electron chi connectivity index (χ3n) is 3.62. The van der Waals surface area contributed by atoms with Gasteiger partial charge in [-0.25, -0.2) is 0 Å². The van der Waals surface area contributed by atoms with Crippen LogP contribution in [0, 0.1) is 17.0 Å². The van der Waals surface area contributed by atoms with Gasteiger partial charge in [0.1, 0.15) is 11.6 Å². The Morgan fingerprint density at radius 2 is 2.19 bits per heavy atom. The molecule has 1 aromatic carbocycles. The summed E-state index contributed by atoms with van der Waals surface area (Å²) < 4.78 is 1.64. The first-order valence-electron chi connectivity index (χ1n) is 6.14. The lowest BCUT2D eigenvalue weighted by molar-refractivity contribution is -0.383. The van der Waals surface area contributed by atoms with Crippen LogP contribution in [0.3, 0.4) is 0 Å². The van der Waals surface area contributed by atoms with Crippen LogP contribution in [-0.4, -0.2) is 26.6 Å². The van der Waals surface area contributed by atoms with Crippen molar-refractivity contribution in [1.82, 2.24) is 4.57 Å². The number of fused-ring (bicyclic) bond motifs is 1. The highest BCUT2D eigenvalue weighted by molar-refractivity contribution is 6.36. The van der Waals surface area contributed by atoms with Crippen LogP contribution in [0.1, 0.15) is 11.3 Å². The highest BCUT2D eigenvalue weighted by atomic mass is 35.5. The number of aryl methyl sites for hydroxylation is 1. The van der Waals surface area contributed by atoms with E-state index in [4.69, 9.17) is 22.4 Å². The average molecular weight is 312 g/mol. The molecular formula is C13H14ClN3O4. The molecule has 0 aliphatic rings. The summed E-state index contributed by atoms with van der Waals surface area (Å²) in [6, 6.07) is 1.69. The van der Waals surface area contributed by atoms with E-state index in [0.717, 1.165) is 0 Å². The monoisotopic (exact) mass is 311 g/mol. The Hall–Kier alpha value is -2.12. The summed E-state index contributed by atoms with van der Waals surface area (Å²) in [6.07, 6.45) is 0.0550. The van der Waals surface area contributed by atoms with Gasteiger partial charge in [0.05, 0.1) is 9.95 Å². The zero-order valence-corrected chi connectivity index (χ0v) is 12.2. The summed E-state index contributed by atoms with van der Waals surface area (Å²) in [4.78, 5) is 21.6. The van der Waals surface area contributed by atoms with Crippen LogP contribution in [0.4, 0.5) is 5.69 Å². The number of carboxylic acid groups (broad SMARTS) is 1. The molecule has 0 aliphatic heterocycles. The van der Waals surface area contributed by atoms with Crippen molar-refractivity contribution in [2.45, 2.75) is 19.4 Å². The minimum Gasteiger partial charge on any atom is -0.480 e. The molecule has 0 bridgehead atoms. The molecular weight excluding hydrogens is 298 g/mol. The summed E-state index contributed by atoms with van der Waals surface area (Å²) in [5.41, 5.74) is 7.21. The van der Waals surface area contributed by atoms with E-state index in [-0.39, 0.29) is 12.1 Å². The van der Waals surface area contributed by atoms with Crippen molar-refractivity contribution in [2.24, 2.45) is 12.8 Å². The van der Waals surface area contributed by atoms with E-state index in [1.54, 1.807) is 18.5 Å². The lowest BCUT2D eigenvalue weighted by atomic mass is 10.0. The van der Waals surface area contributed by atoms with Gasteiger partial charge >= 0.3 is 5.97 Å². The van der Waals surface area contributed by atoms with Crippen molar-refractivity contribution in [3.63, 3.8) is 0 Å². The summed E-state index contributed by atoms with van der Waals surface area (Å²) in [7, 11) is 1.68. The number of hydrogen-bond acceptors (Lipinski definition) is 4. The smallest absolute Gasteiger partial charge is 0.320 e. The lowest BCUT2D eigenvalue weighted by Gasteiger charge is -2.07. The molecule has 0 amide bonds. The number of hydrogen-bond donors (Lipinski definition) is 2. The predicted molar refractivity (Wildman–Crippen MR) is 78.6 cm³/mol. The van der Waals surface area contributed by atoms with E-state index < -0.39 is 16.9 Å². The SMILES string of the molecule is Cc1c(CC(N)C(=O)O)c2c(Cl)ccc([N+](=O)[O-])c2n1C. The van der Waals surface area contributed by atoms with Crippen LogP contribution in [0.25, 0.3) is 10.9 Å². The number of carboxylic acids is 1. The third kappa shape index (κ3) is 2.45. The molecule has 2 rings (SSSR count). The molecule has 0 spiro atoms. The van der Waals surface area contributed by atoms with E-state index >= 15 is 0 Å². The molecule has 1 unspecified atom stereocenters. The summed E-state index contributed by atoms with van der Waals surface area (Å²) >= 11 is 6.16. The lowest BCUT2D eigenvalue weighted by Crippen LogP contribution is -2.32. The van der Waals surface area contributed by atoms with Crippen LogP contribution >= 0.6 is 11.6 Å². The Morgan fingerprint density at radius 1 is 1.57 bits per heavy atom. The maximum Gasteiger partial charge on any atom is 0.320 e. The summed E-state index contributed by atoms with van der Waals surface area (Å²) in [5.74, 6) is -1.13. The number of aliphatic carboxylic acids is 1. The highest BCUT2D eigenvalue weighted by Crippen LogP contribution is 2.37. The number of carbonyl (C=O) groups is 1. The normalized spacial score (nSPS) is 12.6. The van der Waals surface area contributed by atoms with Crippen molar-refractivity contribution in [2.75, 3.05) is 0 Å². The fourth-order valence-corrected chi connectivity index (χ4v) is 2.70. The molecule has 21 heavy (non-hydrogen) atoms. The topological polar surface area (TPSA) is 111 Å². The molecule has 3 N–H and O–H groups in total. The van der Waals surface area contributed by atoms with Crippen molar-refractivity contribution < 1.29 is 14.8 Å². The van der Waals surface area contributed by atoms with Gasteiger partial charge in [-0.2, -0.15) is 0 Å². The number of aromatic nitrogens is 1. The largest absolute Gasteiger partial charge is 0.480 e. The van der Waals surface area contributed by atoms with Crippen molar-refractivity contribution in [1.29, 1.82) is 0 Å². The summed E-state index contributed by atoms with van der Waals surface area (Å²) in [5, 5.41) is 20.9. The molecule has 0 aliphatic carbocycles. The van der Waals surface area contributed by atoms with Crippen molar-refractivity contribution in [3.8, 4) is 0 Å². The zero-order valence-electron chi connectivity index (χ0n) is 11.5. The molecule has 1 aromatic heterocycles. The minimum absolute atomic E-state index is 0.0550. The third-order valence-corrected chi connectivity index (χ3v) is 3.94. The second-order valence-corrected chi connectivity index (χ2v) is 5.23. The molecule has 7 nitrogen and oxygen atoms in total. The van der Waals surface area contributed by atoms with Gasteiger partial charge in [0.25, 0.3) is 5.69 Å². The molecule has 112 valence electrons. The molecule has 1 atom stereocenters. The number of benzene rings is 1. The first-order valence-corrected chi connectivity index (χ1v) is 6.52. The second kappa shape index (κ2) is 5.34. The van der Waals surface area contributed by atoms with Crippen molar-refractivity contribution in [3.05, 3.63) is 38.5 Å². The van der Waals surface area contributed by atoms with E-state index in [1.165, 1.54) is 12.1 Å². The predicted octanol–water partition coefficient (Wildman–Crippen LogP) is 2.00. The number of nitrogens with zero attached hydrogens (tertiary/aromatic N) is 2. The number of halogens is 1. The Morgan fingerprint density at radius 3 is 2.71 bits per heavy atom. The average Bonchev–Trinajstić information content (AvgIpc) is 2.65. The van der Waals surface area contributed by atoms with Gasteiger partial charge in [-0.05, 0) is 18.6 Å². The Kier molecular flexibility index (Phi) is 3.89. The number of nitro groups is 1. The minimum atomic E-state index is -1.13. The molecule has 1 heterocycles. The van der Waals surface area contributed by atoms with Gasteiger partial charge in [-0.1, -0.05) is 11.6 Å². The molecule has 0 saturated heterocycles. The van der Waals surface area contributed by atoms with E-state index in [0.29, 0.717) is 27.2 Å². The van der Waals surface area contributed by atoms with Crippen LogP contribution in [0.5, 0.6) is 0 Å². The maximum atomic E-state index is 11.2. The number of rotatable bonds is 4. The Labute approximate surface area is 125 Å². The standard InChI is InChI=1S/C13H14ClN3O4/c1-6-7(5-9(15)13(18)19)11-8(14)3-4-10(17(20)21)12(11)16(6)2/h3-4,9H,5,15H2,1-2H3,(H,18,19). The second-order valence-electron chi connectivity index (χ2n) is 4.82. The quantitative estimate of drug-likeness (QED) is 0.662. The van der Waals surface area contributed by atoms with Crippen LogP contribution < -0.4 is 5.73 Å². The van der Waals surface area contributed by atoms with Gasteiger partial charge in [0.2, 0.25) is 0 Å². The van der Waals surface area contributed by atoms with Crippen LogP contribution in [-0.2, 0) is 18.3 Å². The molecule has 0 radical (unpaired) electrons. The van der Waals surface area contributed by atoms with Gasteiger partial charge < -0.3 is 15.4 Å². The van der Waals surface area contributed by atoms with E-state index in [2.05, 4.69) is 0 Å². The Bertz CT molecular complexity index is 754. The fourth-order valence-electron chi connectivity index (χ4n) is 2.44. The van der Waals surface area contributed by atoms with Gasteiger partial charge in [-0.15, -0.1) is 0 Å². The first-order chi connectivity index (χ1) is 9.75. The number of nitrogens with two attached hydrogens (primary N) is 1. The van der Waals surface area contributed by atoms with E-state index in [1.807, 2.05) is 0 Å². The van der Waals surface area contributed by atoms with Crippen LogP contribution in [0.15, 0.2) is 12.1 Å². The number of non-ortho nitro benzene ring substituents is 1. The van der Waals surface area contributed by atoms with E-state index in [9.17, 15) is 14.9 Å². The Balaban J connectivity index is 2.78. The molecule has 0 fully saturated rings. The van der Waals surface area contributed by atoms with Gasteiger partial charge in [0, 0.05) is 30.6 Å². The summed E-state index contributed by atoms with van der Waals surface area (Å²) in [6.45, 7) is 1.75. The molecule has 2 aromatic rings. The maximum absolute atomic E-state index is 11.2. The van der Waals surface area contributed by atoms with Gasteiger partial charge in [0.15, 0.2) is 0 Å². The molecule has 0 saturated carbocycles. The first kappa shape index (κ1) is 15.3. The number of nitro benzene ring substituents is 1.